The minimum atomic E-state index is -0.262. The summed E-state index contributed by atoms with van der Waals surface area (Å²) in [6.45, 7) is 8.07. The number of unbranched alkanes of at least 4 members (excludes halogenated alkanes) is 14. The van der Waals surface area contributed by atoms with Gasteiger partial charge in [-0.05, 0) is 39.0 Å². The lowest BCUT2D eigenvalue weighted by molar-refractivity contribution is -0.139. The Labute approximate surface area is 163 Å². The van der Waals surface area contributed by atoms with Crippen LogP contribution in [0.3, 0.4) is 0 Å². The molecule has 0 heterocycles. The van der Waals surface area contributed by atoms with E-state index in [9.17, 15) is 4.79 Å². The van der Waals surface area contributed by atoms with Gasteiger partial charge in [0.2, 0.25) is 0 Å². The molecule has 0 aromatic heterocycles. The summed E-state index contributed by atoms with van der Waals surface area (Å²) in [5.41, 5.74) is 0.485. The third-order valence-corrected chi connectivity index (χ3v) is 4.74. The van der Waals surface area contributed by atoms with Crippen molar-refractivity contribution in [1.82, 2.24) is 0 Å². The summed E-state index contributed by atoms with van der Waals surface area (Å²) >= 11 is 0. The molecule has 0 aliphatic rings. The molecule has 0 N–H and O–H groups in total. The molecule has 0 rings (SSSR count). The number of ether oxygens (including phenoxy) is 1. The van der Waals surface area contributed by atoms with Gasteiger partial charge in [-0.15, -0.1) is 0 Å². The van der Waals surface area contributed by atoms with Crippen LogP contribution < -0.4 is 0 Å². The summed E-state index contributed by atoms with van der Waals surface area (Å²) in [5.74, 6) is -0.262. The number of rotatable bonds is 19. The average molecular weight is 365 g/mol. The van der Waals surface area contributed by atoms with Crippen LogP contribution in [0.15, 0.2) is 24.3 Å². The zero-order valence-corrected chi connectivity index (χ0v) is 17.7. The molecule has 0 aliphatic heterocycles. The van der Waals surface area contributed by atoms with Crippen LogP contribution in [-0.4, -0.2) is 12.6 Å². The number of esters is 1. The average Bonchev–Trinajstić information content (AvgIpc) is 2.63. The zero-order valence-electron chi connectivity index (χ0n) is 17.7. The smallest absolute Gasteiger partial charge is 0.333 e. The second kappa shape index (κ2) is 20.3. The van der Waals surface area contributed by atoms with E-state index in [-0.39, 0.29) is 5.97 Å². The maximum atomic E-state index is 11.2. The van der Waals surface area contributed by atoms with Gasteiger partial charge in [0.1, 0.15) is 0 Å². The maximum absolute atomic E-state index is 11.2. The second-order valence-corrected chi connectivity index (χ2v) is 7.56. The van der Waals surface area contributed by atoms with Crippen molar-refractivity contribution in [1.29, 1.82) is 0 Å². The van der Waals surface area contributed by atoms with Gasteiger partial charge in [-0.25, -0.2) is 4.79 Å². The van der Waals surface area contributed by atoms with Crippen LogP contribution in [0.2, 0.25) is 0 Å². The van der Waals surface area contributed by atoms with Crippen LogP contribution in [0.25, 0.3) is 0 Å². The first-order valence-electron chi connectivity index (χ1n) is 11.2. The first-order valence-corrected chi connectivity index (χ1v) is 11.2. The molecule has 0 saturated carbocycles. The molecule has 0 unspecified atom stereocenters. The van der Waals surface area contributed by atoms with Crippen molar-refractivity contribution in [2.24, 2.45) is 0 Å². The molecule has 0 fully saturated rings. The van der Waals surface area contributed by atoms with Gasteiger partial charge in [-0.1, -0.05) is 96.3 Å². The van der Waals surface area contributed by atoms with Crippen molar-refractivity contribution in [3.05, 3.63) is 24.3 Å². The molecule has 0 bridgehead atoms. The van der Waals surface area contributed by atoms with E-state index in [2.05, 4.69) is 25.7 Å². The normalized spacial score (nSPS) is 11.2. The van der Waals surface area contributed by atoms with Crippen LogP contribution in [0.5, 0.6) is 0 Å². The summed E-state index contributed by atoms with van der Waals surface area (Å²) in [4.78, 5) is 11.2. The lowest BCUT2D eigenvalue weighted by Crippen LogP contribution is -2.05. The standard InChI is InChI=1S/C24H44O2/c1-4-5-6-7-8-9-10-11-12-13-14-15-16-17-18-19-20-21-22-26-24(25)23(2)3/h14-15H,2,4-13,16-22H2,1,3H3. The third kappa shape index (κ3) is 19.3. The van der Waals surface area contributed by atoms with Crippen molar-refractivity contribution in [3.63, 3.8) is 0 Å². The third-order valence-electron chi connectivity index (χ3n) is 4.74. The summed E-state index contributed by atoms with van der Waals surface area (Å²) in [5, 5.41) is 0. The summed E-state index contributed by atoms with van der Waals surface area (Å²) in [6, 6.07) is 0. The van der Waals surface area contributed by atoms with E-state index >= 15 is 0 Å². The Morgan fingerprint density at radius 3 is 1.62 bits per heavy atom. The SMILES string of the molecule is C=C(C)C(=O)OCCCCCCCC=CCCCCCCCCCCC. The van der Waals surface area contributed by atoms with Crippen LogP contribution in [0.1, 0.15) is 117 Å². The predicted molar refractivity (Wildman–Crippen MR) is 114 cm³/mol. The molecule has 152 valence electrons. The molecule has 0 amide bonds. The molecule has 0 atom stereocenters. The number of hydrogen-bond donors (Lipinski definition) is 0. The molecule has 26 heavy (non-hydrogen) atoms. The first kappa shape index (κ1) is 24.9. The van der Waals surface area contributed by atoms with Crippen molar-refractivity contribution >= 4 is 5.97 Å². The highest BCUT2D eigenvalue weighted by atomic mass is 16.5. The monoisotopic (exact) mass is 364 g/mol. The minimum Gasteiger partial charge on any atom is -0.462 e. The van der Waals surface area contributed by atoms with Crippen molar-refractivity contribution < 1.29 is 9.53 Å². The molecule has 2 heteroatoms. The van der Waals surface area contributed by atoms with Gasteiger partial charge in [-0.3, -0.25) is 0 Å². The molecule has 2 nitrogen and oxygen atoms in total. The molecule has 0 aliphatic carbocycles. The van der Waals surface area contributed by atoms with Crippen LogP contribution in [0, 0.1) is 0 Å². The van der Waals surface area contributed by atoms with E-state index in [1.807, 2.05) is 0 Å². The highest BCUT2D eigenvalue weighted by molar-refractivity contribution is 5.86. The number of carbonyl (C=O) groups is 1. The summed E-state index contributed by atoms with van der Waals surface area (Å²) in [7, 11) is 0. The Balaban J connectivity index is 3.15. The van der Waals surface area contributed by atoms with E-state index in [0.717, 1.165) is 12.8 Å². The Morgan fingerprint density at radius 1 is 0.731 bits per heavy atom. The molecule has 0 aromatic rings. The molecule has 0 aromatic carbocycles. The van der Waals surface area contributed by atoms with Gasteiger partial charge in [0.15, 0.2) is 0 Å². The predicted octanol–water partition coefficient (Wildman–Crippen LogP) is 7.92. The lowest BCUT2D eigenvalue weighted by atomic mass is 10.1. The van der Waals surface area contributed by atoms with E-state index in [4.69, 9.17) is 4.74 Å². The van der Waals surface area contributed by atoms with Crippen molar-refractivity contribution in [2.45, 2.75) is 117 Å². The summed E-state index contributed by atoms with van der Waals surface area (Å²) in [6.07, 6.45) is 25.8. The van der Waals surface area contributed by atoms with Gasteiger partial charge in [0.25, 0.3) is 0 Å². The number of hydrogen-bond acceptors (Lipinski definition) is 2. The molecular weight excluding hydrogens is 320 g/mol. The maximum Gasteiger partial charge on any atom is 0.333 e. The second-order valence-electron chi connectivity index (χ2n) is 7.56. The highest BCUT2D eigenvalue weighted by Gasteiger charge is 2.01. The molecule has 0 radical (unpaired) electrons. The van der Waals surface area contributed by atoms with Crippen molar-refractivity contribution in [3.8, 4) is 0 Å². The van der Waals surface area contributed by atoms with E-state index in [1.165, 1.54) is 89.9 Å². The fourth-order valence-corrected chi connectivity index (χ4v) is 2.99. The van der Waals surface area contributed by atoms with E-state index in [1.54, 1.807) is 6.92 Å². The van der Waals surface area contributed by atoms with Crippen LogP contribution in [-0.2, 0) is 9.53 Å². The molecule has 0 spiro atoms. The first-order chi connectivity index (χ1) is 12.7. The van der Waals surface area contributed by atoms with Crippen molar-refractivity contribution in [2.75, 3.05) is 6.61 Å². The van der Waals surface area contributed by atoms with Gasteiger partial charge in [-0.2, -0.15) is 0 Å². The quantitative estimate of drug-likeness (QED) is 0.101. The lowest BCUT2D eigenvalue weighted by Gasteiger charge is -2.03. The summed E-state index contributed by atoms with van der Waals surface area (Å²) < 4.78 is 5.08. The van der Waals surface area contributed by atoms with E-state index < -0.39 is 0 Å². The Hall–Kier alpha value is -1.05. The molecule has 0 saturated heterocycles. The van der Waals surface area contributed by atoms with Crippen LogP contribution in [0.4, 0.5) is 0 Å². The van der Waals surface area contributed by atoms with Gasteiger partial charge in [0.05, 0.1) is 6.61 Å². The fraction of sp³-hybridized carbons (Fsp3) is 0.792. The van der Waals surface area contributed by atoms with Gasteiger partial charge >= 0.3 is 5.97 Å². The Morgan fingerprint density at radius 2 is 1.15 bits per heavy atom. The number of allylic oxidation sites excluding steroid dienone is 2. The topological polar surface area (TPSA) is 26.3 Å². The Kier molecular flexibility index (Phi) is 19.4. The molecular formula is C24H44O2. The number of carbonyl (C=O) groups excluding carboxylic acids is 1. The largest absolute Gasteiger partial charge is 0.462 e. The fourth-order valence-electron chi connectivity index (χ4n) is 2.99. The van der Waals surface area contributed by atoms with Crippen LogP contribution >= 0.6 is 0 Å². The van der Waals surface area contributed by atoms with Gasteiger partial charge in [0, 0.05) is 5.57 Å². The van der Waals surface area contributed by atoms with Gasteiger partial charge < -0.3 is 4.74 Å². The zero-order chi connectivity index (χ0) is 19.3. The van der Waals surface area contributed by atoms with E-state index in [0.29, 0.717) is 12.2 Å². The highest BCUT2D eigenvalue weighted by Crippen LogP contribution is 2.11. The Bertz CT molecular complexity index is 357. The minimum absolute atomic E-state index is 0.262.